The first-order valence-corrected chi connectivity index (χ1v) is 10.6. The van der Waals surface area contributed by atoms with Crippen LogP contribution in [0.1, 0.15) is 36.7 Å². The third kappa shape index (κ3) is 4.10. The molecule has 3 heterocycles. The number of benzene rings is 1. The van der Waals surface area contributed by atoms with Gasteiger partial charge >= 0.3 is 0 Å². The highest BCUT2D eigenvalue weighted by Crippen LogP contribution is 2.40. The number of anilines is 1. The molecule has 3 aromatic rings. The quantitative estimate of drug-likeness (QED) is 0.641. The maximum Gasteiger partial charge on any atom is 0.207 e. The number of ketones is 1. The van der Waals surface area contributed by atoms with E-state index in [-0.39, 0.29) is 23.4 Å². The fourth-order valence-electron chi connectivity index (χ4n) is 4.07. The minimum absolute atomic E-state index is 0.0305. The van der Waals surface area contributed by atoms with Crippen LogP contribution in [0.5, 0.6) is 5.75 Å². The summed E-state index contributed by atoms with van der Waals surface area (Å²) in [5.74, 6) is 0.784. The largest absolute Gasteiger partial charge is 0.494 e. The van der Waals surface area contributed by atoms with Gasteiger partial charge in [0, 0.05) is 36.6 Å². The molecule has 1 aromatic carbocycles. The molecule has 1 aliphatic heterocycles. The van der Waals surface area contributed by atoms with Crippen molar-refractivity contribution in [1.82, 2.24) is 8.97 Å². The summed E-state index contributed by atoms with van der Waals surface area (Å²) < 4.78 is 14.8. The third-order valence-electron chi connectivity index (χ3n) is 5.75. The van der Waals surface area contributed by atoms with E-state index in [0.717, 1.165) is 35.6 Å². The summed E-state index contributed by atoms with van der Waals surface area (Å²) in [4.78, 5) is 15.6. The Morgan fingerprint density at radius 2 is 1.94 bits per heavy atom. The number of aromatic nitrogens is 2. The van der Waals surface area contributed by atoms with E-state index < -0.39 is 0 Å². The summed E-state index contributed by atoms with van der Waals surface area (Å²) in [5.41, 5.74) is 3.54. The van der Waals surface area contributed by atoms with E-state index in [1.807, 2.05) is 42.7 Å². The Morgan fingerprint density at radius 1 is 1.19 bits per heavy atom. The Bertz CT molecular complexity index is 1160. The molecule has 0 unspecified atom stereocenters. The van der Waals surface area contributed by atoms with Gasteiger partial charge in [0.2, 0.25) is 5.62 Å². The maximum atomic E-state index is 13.4. The SMILES string of the molecule is COc1c(N2CCOCC2)cc(C(=O)Cn2cc3ccccn3c2=N)cc1C(C)(C)C. The summed E-state index contributed by atoms with van der Waals surface area (Å²) in [6.45, 7) is 9.31. The highest BCUT2D eigenvalue weighted by atomic mass is 16.5. The summed E-state index contributed by atoms with van der Waals surface area (Å²) in [7, 11) is 1.69. The van der Waals surface area contributed by atoms with Crippen LogP contribution < -0.4 is 15.3 Å². The van der Waals surface area contributed by atoms with Crippen molar-refractivity contribution in [2.75, 3.05) is 38.3 Å². The van der Waals surface area contributed by atoms with Crippen LogP contribution in [-0.2, 0) is 16.7 Å². The normalized spacial score (nSPS) is 14.8. The number of pyridine rings is 1. The van der Waals surface area contributed by atoms with Crippen molar-refractivity contribution in [1.29, 1.82) is 5.41 Å². The van der Waals surface area contributed by atoms with Crippen molar-refractivity contribution in [3.63, 3.8) is 0 Å². The second kappa shape index (κ2) is 8.23. The van der Waals surface area contributed by atoms with Crippen LogP contribution in [0.3, 0.4) is 0 Å². The van der Waals surface area contributed by atoms with Gasteiger partial charge < -0.3 is 18.9 Å². The van der Waals surface area contributed by atoms with Crippen LogP contribution >= 0.6 is 0 Å². The molecule has 0 atom stereocenters. The van der Waals surface area contributed by atoms with Crippen LogP contribution in [0.25, 0.3) is 5.52 Å². The molecule has 0 radical (unpaired) electrons. The van der Waals surface area contributed by atoms with Gasteiger partial charge in [0.15, 0.2) is 5.78 Å². The molecule has 0 amide bonds. The summed E-state index contributed by atoms with van der Waals surface area (Å²) in [5, 5.41) is 8.41. The number of carbonyl (C=O) groups excluding carboxylic acids is 1. The van der Waals surface area contributed by atoms with Crippen molar-refractivity contribution in [3.8, 4) is 5.75 Å². The Morgan fingerprint density at radius 3 is 2.58 bits per heavy atom. The van der Waals surface area contributed by atoms with E-state index >= 15 is 0 Å². The van der Waals surface area contributed by atoms with Crippen molar-refractivity contribution >= 4 is 17.0 Å². The number of methoxy groups -OCH3 is 1. The fraction of sp³-hybridized carbons (Fsp3) is 0.417. The molecule has 0 bridgehead atoms. The molecule has 31 heavy (non-hydrogen) atoms. The number of hydrogen-bond donors (Lipinski definition) is 1. The van der Waals surface area contributed by atoms with E-state index in [0.29, 0.717) is 18.8 Å². The molecule has 4 rings (SSSR count). The summed E-state index contributed by atoms with van der Waals surface area (Å²) in [6, 6.07) is 9.62. The summed E-state index contributed by atoms with van der Waals surface area (Å²) in [6.07, 6.45) is 3.68. The number of nitrogens with one attached hydrogen (secondary N) is 1. The minimum Gasteiger partial charge on any atom is -0.494 e. The van der Waals surface area contributed by atoms with Crippen molar-refractivity contribution < 1.29 is 14.3 Å². The zero-order valence-electron chi connectivity index (χ0n) is 18.6. The monoisotopic (exact) mass is 422 g/mol. The molecule has 1 saturated heterocycles. The molecule has 7 nitrogen and oxygen atoms in total. The van der Waals surface area contributed by atoms with Gasteiger partial charge in [0.25, 0.3) is 0 Å². The van der Waals surface area contributed by atoms with E-state index in [9.17, 15) is 4.79 Å². The van der Waals surface area contributed by atoms with E-state index in [2.05, 4.69) is 25.7 Å². The fourth-order valence-corrected chi connectivity index (χ4v) is 4.07. The van der Waals surface area contributed by atoms with Gasteiger partial charge in [-0.2, -0.15) is 0 Å². The van der Waals surface area contributed by atoms with Crippen molar-refractivity contribution in [2.24, 2.45) is 0 Å². The molecular formula is C24H30N4O3. The van der Waals surface area contributed by atoms with Crippen molar-refractivity contribution in [2.45, 2.75) is 32.7 Å². The number of imidazole rings is 1. The predicted octanol–water partition coefficient (Wildman–Crippen LogP) is 3.25. The Labute approximate surface area is 182 Å². The average Bonchev–Trinajstić information content (AvgIpc) is 3.08. The molecular weight excluding hydrogens is 392 g/mol. The zero-order chi connectivity index (χ0) is 22.2. The van der Waals surface area contributed by atoms with E-state index in [4.69, 9.17) is 14.9 Å². The number of ether oxygens (including phenoxy) is 2. The molecule has 0 spiro atoms. The average molecular weight is 423 g/mol. The first-order valence-electron chi connectivity index (χ1n) is 10.6. The number of nitrogens with zero attached hydrogens (tertiary/aromatic N) is 3. The van der Waals surface area contributed by atoms with Crippen LogP contribution in [0, 0.1) is 5.41 Å². The van der Waals surface area contributed by atoms with E-state index in [1.165, 1.54) is 0 Å². The number of hydrogen-bond acceptors (Lipinski definition) is 5. The predicted molar refractivity (Wildman–Crippen MR) is 120 cm³/mol. The molecule has 1 aliphatic rings. The molecule has 164 valence electrons. The highest BCUT2D eigenvalue weighted by molar-refractivity contribution is 5.98. The van der Waals surface area contributed by atoms with Crippen LogP contribution in [0.4, 0.5) is 5.69 Å². The molecule has 0 saturated carbocycles. The van der Waals surface area contributed by atoms with E-state index in [1.54, 1.807) is 16.1 Å². The Hall–Kier alpha value is -3.06. The van der Waals surface area contributed by atoms with Crippen LogP contribution in [0.2, 0.25) is 0 Å². The standard InChI is InChI=1S/C24H30N4O3/c1-24(2,3)19-13-17(14-20(22(19)30-4)26-9-11-31-12-10-26)21(29)16-27-15-18-7-5-6-8-28(18)23(27)25/h5-8,13-15,25H,9-12,16H2,1-4H3. The molecule has 1 fully saturated rings. The number of carbonyl (C=O) groups is 1. The van der Waals surface area contributed by atoms with Gasteiger partial charge in [-0.15, -0.1) is 0 Å². The lowest BCUT2D eigenvalue weighted by Crippen LogP contribution is -2.37. The van der Waals surface area contributed by atoms with Gasteiger partial charge in [-0.25, -0.2) is 0 Å². The topological polar surface area (TPSA) is 72.0 Å². The van der Waals surface area contributed by atoms with Gasteiger partial charge in [-0.05, 0) is 29.7 Å². The van der Waals surface area contributed by atoms with Gasteiger partial charge in [0.1, 0.15) is 5.75 Å². The zero-order valence-corrected chi connectivity index (χ0v) is 18.6. The Kier molecular flexibility index (Phi) is 5.62. The molecule has 0 aliphatic carbocycles. The lowest BCUT2D eigenvalue weighted by molar-refractivity contribution is 0.0970. The lowest BCUT2D eigenvalue weighted by atomic mass is 9.84. The third-order valence-corrected chi connectivity index (χ3v) is 5.75. The molecule has 7 heteroatoms. The van der Waals surface area contributed by atoms with Gasteiger partial charge in [-0.1, -0.05) is 26.8 Å². The van der Waals surface area contributed by atoms with Crippen LogP contribution in [0.15, 0.2) is 42.7 Å². The minimum atomic E-state index is -0.193. The number of rotatable bonds is 5. The maximum absolute atomic E-state index is 13.4. The smallest absolute Gasteiger partial charge is 0.207 e. The highest BCUT2D eigenvalue weighted by Gasteiger charge is 2.27. The number of Topliss-reactive ketones (excluding diaryl/α,β-unsaturated/α-hetero) is 1. The Balaban J connectivity index is 1.76. The lowest BCUT2D eigenvalue weighted by Gasteiger charge is -2.33. The number of morpholine rings is 1. The molecule has 1 N–H and O–H groups in total. The number of fused-ring (bicyclic) bond motifs is 1. The van der Waals surface area contributed by atoms with Crippen molar-refractivity contribution in [3.05, 3.63) is 59.5 Å². The van der Waals surface area contributed by atoms with Gasteiger partial charge in [-0.3, -0.25) is 14.6 Å². The first-order chi connectivity index (χ1) is 14.8. The second-order valence-corrected chi connectivity index (χ2v) is 8.92. The second-order valence-electron chi connectivity index (χ2n) is 8.92. The van der Waals surface area contributed by atoms with Gasteiger partial charge in [0.05, 0.1) is 38.1 Å². The first kappa shape index (κ1) is 21.2. The summed E-state index contributed by atoms with van der Waals surface area (Å²) >= 11 is 0. The molecule has 2 aromatic heterocycles. The van der Waals surface area contributed by atoms with Crippen LogP contribution in [-0.4, -0.2) is 48.2 Å².